The second kappa shape index (κ2) is 6.69. The molecule has 1 rings (SSSR count). The maximum atomic E-state index is 12.4. The third-order valence-electron chi connectivity index (χ3n) is 2.78. The monoisotopic (exact) mass is 363 g/mol. The summed E-state index contributed by atoms with van der Waals surface area (Å²) in [6, 6.07) is 3.98. The summed E-state index contributed by atoms with van der Waals surface area (Å²) in [7, 11) is -2.57. The van der Waals surface area contributed by atoms with Crippen molar-refractivity contribution in [3.05, 3.63) is 28.2 Å². The second-order valence-corrected chi connectivity index (χ2v) is 7.34. The number of carbonyl (C=O) groups is 1. The minimum absolute atomic E-state index is 0.0950. The molecule has 5 nitrogen and oxygen atoms in total. The second-order valence-electron chi connectivity index (χ2n) is 4.80. The van der Waals surface area contributed by atoms with E-state index in [2.05, 4.69) is 25.4 Å². The SMILES string of the molecule is COC(=O)C(NS(=O)(=O)c1ccc(C)cc1Br)C(C)C. The van der Waals surface area contributed by atoms with Crippen molar-refractivity contribution in [2.75, 3.05) is 7.11 Å². The van der Waals surface area contributed by atoms with Crippen LogP contribution in [0.15, 0.2) is 27.6 Å². The van der Waals surface area contributed by atoms with Gasteiger partial charge in [-0.1, -0.05) is 19.9 Å². The summed E-state index contributed by atoms with van der Waals surface area (Å²) in [5.74, 6) is -0.826. The van der Waals surface area contributed by atoms with Gasteiger partial charge in [0.2, 0.25) is 10.0 Å². The van der Waals surface area contributed by atoms with E-state index in [9.17, 15) is 13.2 Å². The molecular formula is C13H18BrNO4S. The molecule has 0 saturated heterocycles. The zero-order valence-electron chi connectivity index (χ0n) is 11.8. The summed E-state index contributed by atoms with van der Waals surface area (Å²) < 4.78 is 32.2. The van der Waals surface area contributed by atoms with Gasteiger partial charge in [-0.05, 0) is 46.5 Å². The molecule has 0 saturated carbocycles. The predicted molar refractivity (Wildman–Crippen MR) is 79.8 cm³/mol. The molecule has 0 aliphatic rings. The number of ether oxygens (including phenoxy) is 1. The van der Waals surface area contributed by atoms with Crippen molar-refractivity contribution in [2.45, 2.75) is 31.7 Å². The van der Waals surface area contributed by atoms with Crippen molar-refractivity contribution in [2.24, 2.45) is 5.92 Å². The molecule has 112 valence electrons. The maximum Gasteiger partial charge on any atom is 0.324 e. The van der Waals surface area contributed by atoms with E-state index < -0.39 is 22.0 Å². The van der Waals surface area contributed by atoms with Crippen LogP contribution in [0.2, 0.25) is 0 Å². The van der Waals surface area contributed by atoms with Gasteiger partial charge in [-0.15, -0.1) is 0 Å². The van der Waals surface area contributed by atoms with Crippen molar-refractivity contribution < 1.29 is 17.9 Å². The Bertz CT molecular complexity index is 598. The highest BCUT2D eigenvalue weighted by Gasteiger charge is 2.29. The highest BCUT2D eigenvalue weighted by molar-refractivity contribution is 9.10. The van der Waals surface area contributed by atoms with Gasteiger partial charge in [0.15, 0.2) is 0 Å². The molecule has 0 heterocycles. The van der Waals surface area contributed by atoms with Crippen LogP contribution in [0, 0.1) is 12.8 Å². The van der Waals surface area contributed by atoms with E-state index in [0.29, 0.717) is 4.47 Å². The Balaban J connectivity index is 3.13. The number of sulfonamides is 1. The molecule has 1 N–H and O–H groups in total. The van der Waals surface area contributed by atoms with Gasteiger partial charge in [-0.2, -0.15) is 4.72 Å². The molecule has 0 fully saturated rings. The number of halogens is 1. The fourth-order valence-electron chi connectivity index (χ4n) is 1.64. The molecule has 0 amide bonds. The van der Waals surface area contributed by atoms with Crippen LogP contribution in [0.4, 0.5) is 0 Å². The lowest BCUT2D eigenvalue weighted by Crippen LogP contribution is -2.44. The molecule has 0 aliphatic heterocycles. The standard InChI is InChI=1S/C13H18BrNO4S/c1-8(2)12(13(16)19-4)15-20(17,18)11-6-5-9(3)7-10(11)14/h5-8,12,15H,1-4H3. The Morgan fingerprint density at radius 3 is 2.40 bits per heavy atom. The number of esters is 1. The van der Waals surface area contributed by atoms with E-state index in [1.807, 2.05) is 6.92 Å². The number of rotatable bonds is 5. The predicted octanol–water partition coefficient (Wildman–Crippen LogP) is 2.23. The minimum Gasteiger partial charge on any atom is -0.468 e. The van der Waals surface area contributed by atoms with Crippen LogP contribution >= 0.6 is 15.9 Å². The Morgan fingerprint density at radius 2 is 1.95 bits per heavy atom. The van der Waals surface area contributed by atoms with Gasteiger partial charge in [0, 0.05) is 4.47 Å². The molecule has 0 aromatic heterocycles. The average Bonchev–Trinajstić information content (AvgIpc) is 2.34. The van der Waals surface area contributed by atoms with E-state index in [-0.39, 0.29) is 10.8 Å². The molecule has 0 spiro atoms. The van der Waals surface area contributed by atoms with Gasteiger partial charge in [-0.25, -0.2) is 8.42 Å². The van der Waals surface area contributed by atoms with Crippen LogP contribution in [0.5, 0.6) is 0 Å². The van der Waals surface area contributed by atoms with Gasteiger partial charge in [0.05, 0.1) is 12.0 Å². The number of hydrogen-bond donors (Lipinski definition) is 1. The van der Waals surface area contributed by atoms with Gasteiger partial charge in [0.25, 0.3) is 0 Å². The summed E-state index contributed by atoms with van der Waals surface area (Å²) in [6.45, 7) is 5.35. The molecule has 20 heavy (non-hydrogen) atoms. The van der Waals surface area contributed by atoms with Crippen molar-refractivity contribution in [1.82, 2.24) is 4.72 Å². The van der Waals surface area contributed by atoms with Crippen molar-refractivity contribution >= 4 is 31.9 Å². The number of methoxy groups -OCH3 is 1. The highest BCUT2D eigenvalue weighted by atomic mass is 79.9. The maximum absolute atomic E-state index is 12.4. The van der Waals surface area contributed by atoms with Crippen LogP contribution in [0.1, 0.15) is 19.4 Å². The van der Waals surface area contributed by atoms with Gasteiger partial charge in [-0.3, -0.25) is 4.79 Å². The summed E-state index contributed by atoms with van der Waals surface area (Å²) in [6.07, 6.45) is 0. The van der Waals surface area contributed by atoms with Gasteiger partial charge >= 0.3 is 5.97 Å². The van der Waals surface area contributed by atoms with Crippen LogP contribution in [0.25, 0.3) is 0 Å². The quantitative estimate of drug-likeness (QED) is 0.814. The molecular weight excluding hydrogens is 346 g/mol. The number of aryl methyl sites for hydroxylation is 1. The van der Waals surface area contributed by atoms with Crippen LogP contribution in [0.3, 0.4) is 0 Å². The lowest BCUT2D eigenvalue weighted by atomic mass is 10.1. The summed E-state index contributed by atoms with van der Waals surface area (Å²) in [4.78, 5) is 11.7. The number of benzene rings is 1. The summed E-state index contributed by atoms with van der Waals surface area (Å²) >= 11 is 3.23. The Kier molecular flexibility index (Phi) is 5.73. The van der Waals surface area contributed by atoms with Crippen molar-refractivity contribution in [1.29, 1.82) is 0 Å². The molecule has 1 aromatic carbocycles. The minimum atomic E-state index is -3.80. The Labute approximate surface area is 127 Å². The number of nitrogens with one attached hydrogen (secondary N) is 1. The average molecular weight is 364 g/mol. The number of carbonyl (C=O) groups excluding carboxylic acids is 1. The largest absolute Gasteiger partial charge is 0.468 e. The third-order valence-corrected chi connectivity index (χ3v) is 5.20. The first-order chi connectivity index (χ1) is 9.19. The zero-order valence-corrected chi connectivity index (χ0v) is 14.2. The molecule has 1 unspecified atom stereocenters. The van der Waals surface area contributed by atoms with Crippen LogP contribution < -0.4 is 4.72 Å². The molecule has 7 heteroatoms. The smallest absolute Gasteiger partial charge is 0.324 e. The van der Waals surface area contributed by atoms with Crippen LogP contribution in [-0.2, 0) is 19.6 Å². The lowest BCUT2D eigenvalue weighted by Gasteiger charge is -2.20. The zero-order chi connectivity index (χ0) is 15.5. The van der Waals surface area contributed by atoms with E-state index in [1.165, 1.54) is 13.2 Å². The van der Waals surface area contributed by atoms with E-state index in [1.54, 1.807) is 26.0 Å². The van der Waals surface area contributed by atoms with Crippen molar-refractivity contribution in [3.63, 3.8) is 0 Å². The molecule has 1 aromatic rings. The lowest BCUT2D eigenvalue weighted by molar-refractivity contribution is -0.143. The molecule has 0 radical (unpaired) electrons. The summed E-state index contributed by atoms with van der Waals surface area (Å²) in [5.41, 5.74) is 0.934. The Morgan fingerprint density at radius 1 is 1.35 bits per heavy atom. The summed E-state index contributed by atoms with van der Waals surface area (Å²) in [5, 5.41) is 0. The van der Waals surface area contributed by atoms with E-state index in [0.717, 1.165) is 5.56 Å². The van der Waals surface area contributed by atoms with Crippen molar-refractivity contribution in [3.8, 4) is 0 Å². The third kappa shape index (κ3) is 4.04. The van der Waals surface area contributed by atoms with E-state index in [4.69, 9.17) is 0 Å². The van der Waals surface area contributed by atoms with Gasteiger partial charge < -0.3 is 4.74 Å². The first-order valence-corrected chi connectivity index (χ1v) is 8.33. The molecule has 0 aliphatic carbocycles. The normalized spacial score (nSPS) is 13.3. The topological polar surface area (TPSA) is 72.5 Å². The molecule has 1 atom stereocenters. The van der Waals surface area contributed by atoms with Crippen LogP contribution in [-0.4, -0.2) is 27.5 Å². The fraction of sp³-hybridized carbons (Fsp3) is 0.462. The fourth-order valence-corrected chi connectivity index (χ4v) is 4.16. The molecule has 0 bridgehead atoms. The first-order valence-electron chi connectivity index (χ1n) is 6.05. The first kappa shape index (κ1) is 17.1. The van der Waals surface area contributed by atoms with Gasteiger partial charge in [0.1, 0.15) is 6.04 Å². The highest BCUT2D eigenvalue weighted by Crippen LogP contribution is 2.23. The number of hydrogen-bond acceptors (Lipinski definition) is 4. The Hall–Kier alpha value is -0.920. The van der Waals surface area contributed by atoms with E-state index >= 15 is 0 Å².